The van der Waals surface area contributed by atoms with Gasteiger partial charge in [-0.1, -0.05) is 81.6 Å². The molecule has 4 atom stereocenters. The summed E-state index contributed by atoms with van der Waals surface area (Å²) in [6.45, 7) is 3.68. The Morgan fingerprint density at radius 1 is 1.23 bits per heavy atom. The first-order chi connectivity index (χ1) is 14.2. The Morgan fingerprint density at radius 2 is 1.90 bits per heavy atom. The van der Waals surface area contributed by atoms with E-state index in [4.69, 9.17) is 44.3 Å². The third-order valence-electron chi connectivity index (χ3n) is 5.87. The maximum Gasteiger partial charge on any atom is 0.410 e. The van der Waals surface area contributed by atoms with E-state index in [1.165, 1.54) is 7.11 Å². The normalized spacial score (nSPS) is 25.7. The second-order valence-corrected chi connectivity index (χ2v) is 10.7. The molecule has 2 aliphatic heterocycles. The lowest BCUT2D eigenvalue weighted by Crippen LogP contribution is -2.53. The SMILES string of the molecule is C=C(CBr)c1ccc(C2CC3CCC(C2C(=O)OC)N3C(=O)OCC(Cl)(Cl)Cl)cc1. The molecular weight excluding hydrogens is 516 g/mol. The van der Waals surface area contributed by atoms with E-state index in [1.807, 2.05) is 24.3 Å². The Kier molecular flexibility index (Phi) is 7.65. The highest BCUT2D eigenvalue weighted by Gasteiger charge is 2.53. The van der Waals surface area contributed by atoms with Crippen molar-refractivity contribution in [3.63, 3.8) is 0 Å². The van der Waals surface area contributed by atoms with E-state index >= 15 is 0 Å². The first-order valence-electron chi connectivity index (χ1n) is 9.60. The van der Waals surface area contributed by atoms with E-state index < -0.39 is 15.8 Å². The van der Waals surface area contributed by atoms with Gasteiger partial charge in [0, 0.05) is 23.3 Å². The predicted octanol–water partition coefficient (Wildman–Crippen LogP) is 5.71. The molecule has 1 aromatic carbocycles. The first-order valence-corrected chi connectivity index (χ1v) is 11.9. The van der Waals surface area contributed by atoms with Crippen molar-refractivity contribution in [1.82, 2.24) is 4.90 Å². The minimum Gasteiger partial charge on any atom is -0.469 e. The maximum absolute atomic E-state index is 12.8. The highest BCUT2D eigenvalue weighted by molar-refractivity contribution is 9.09. The highest BCUT2D eigenvalue weighted by atomic mass is 79.9. The number of esters is 1. The van der Waals surface area contributed by atoms with Crippen LogP contribution in [0.5, 0.6) is 0 Å². The number of halogens is 4. The summed E-state index contributed by atoms with van der Waals surface area (Å²) in [5.74, 6) is -0.879. The molecular formula is C21H23BrCl3NO4. The molecule has 2 saturated heterocycles. The number of ether oxygens (including phenoxy) is 2. The summed E-state index contributed by atoms with van der Waals surface area (Å²) in [5.41, 5.74) is 3.07. The van der Waals surface area contributed by atoms with Crippen LogP contribution in [-0.2, 0) is 14.3 Å². The number of alkyl halides is 4. The molecule has 2 fully saturated rings. The molecule has 0 aromatic heterocycles. The molecule has 0 aliphatic carbocycles. The van der Waals surface area contributed by atoms with Gasteiger partial charge in [-0.2, -0.15) is 0 Å². The van der Waals surface area contributed by atoms with Gasteiger partial charge in [0.25, 0.3) is 0 Å². The van der Waals surface area contributed by atoms with Crippen LogP contribution in [0.2, 0.25) is 0 Å². The summed E-state index contributed by atoms with van der Waals surface area (Å²) in [4.78, 5) is 27.1. The number of fused-ring (bicyclic) bond motifs is 2. The number of benzene rings is 1. The Bertz CT molecular complexity index is 811. The Hall–Kier alpha value is -0.950. The Morgan fingerprint density at radius 3 is 2.47 bits per heavy atom. The lowest BCUT2D eigenvalue weighted by atomic mass is 9.76. The molecule has 1 amide bonds. The molecule has 0 N–H and O–H groups in total. The van der Waals surface area contributed by atoms with Crippen molar-refractivity contribution in [2.24, 2.45) is 5.92 Å². The number of hydrogen-bond acceptors (Lipinski definition) is 4. The zero-order valence-electron chi connectivity index (χ0n) is 16.5. The van der Waals surface area contributed by atoms with Crippen molar-refractivity contribution in [2.75, 3.05) is 19.0 Å². The van der Waals surface area contributed by atoms with Crippen molar-refractivity contribution in [3.8, 4) is 0 Å². The number of piperidine rings is 1. The van der Waals surface area contributed by atoms with Crippen LogP contribution in [0.3, 0.4) is 0 Å². The number of carbonyl (C=O) groups excluding carboxylic acids is 2. The topological polar surface area (TPSA) is 55.8 Å². The summed E-state index contributed by atoms with van der Waals surface area (Å²) >= 11 is 20.5. The van der Waals surface area contributed by atoms with Crippen LogP contribution >= 0.6 is 50.7 Å². The first kappa shape index (κ1) is 23.7. The number of nitrogens with zero attached hydrogens (tertiary/aromatic N) is 1. The van der Waals surface area contributed by atoms with Gasteiger partial charge in [-0.25, -0.2) is 4.79 Å². The van der Waals surface area contributed by atoms with Gasteiger partial charge in [-0.15, -0.1) is 0 Å². The summed E-state index contributed by atoms with van der Waals surface area (Å²) in [6.07, 6.45) is 1.56. The van der Waals surface area contributed by atoms with Crippen molar-refractivity contribution < 1.29 is 19.1 Å². The molecule has 9 heteroatoms. The Balaban J connectivity index is 1.85. The quantitative estimate of drug-likeness (QED) is 0.355. The largest absolute Gasteiger partial charge is 0.469 e. The zero-order chi connectivity index (χ0) is 22.1. The highest BCUT2D eigenvalue weighted by Crippen LogP contribution is 2.48. The number of carbonyl (C=O) groups is 2. The summed E-state index contributed by atoms with van der Waals surface area (Å²) < 4.78 is 8.64. The average Bonchev–Trinajstić information content (AvgIpc) is 3.03. The van der Waals surface area contributed by atoms with Gasteiger partial charge >= 0.3 is 12.1 Å². The molecule has 2 aliphatic rings. The molecule has 3 rings (SSSR count). The van der Waals surface area contributed by atoms with Crippen LogP contribution in [0.1, 0.15) is 36.3 Å². The van der Waals surface area contributed by atoms with E-state index in [1.54, 1.807) is 4.90 Å². The van der Waals surface area contributed by atoms with Gasteiger partial charge < -0.3 is 14.4 Å². The second-order valence-electron chi connectivity index (χ2n) is 7.63. The average molecular weight is 540 g/mol. The van der Waals surface area contributed by atoms with Gasteiger partial charge in [0.15, 0.2) is 0 Å². The molecule has 30 heavy (non-hydrogen) atoms. The lowest BCUT2D eigenvalue weighted by molar-refractivity contribution is -0.150. The Labute approximate surface area is 199 Å². The van der Waals surface area contributed by atoms with Crippen LogP contribution in [0.4, 0.5) is 4.79 Å². The monoisotopic (exact) mass is 537 g/mol. The molecule has 0 radical (unpaired) electrons. The lowest BCUT2D eigenvalue weighted by Gasteiger charge is -2.43. The third-order valence-corrected chi connectivity index (χ3v) is 6.88. The van der Waals surface area contributed by atoms with Crippen molar-refractivity contribution in [3.05, 3.63) is 42.0 Å². The van der Waals surface area contributed by atoms with Gasteiger partial charge in [-0.3, -0.25) is 4.79 Å². The molecule has 2 bridgehead atoms. The number of amides is 1. The predicted molar refractivity (Wildman–Crippen MR) is 122 cm³/mol. The summed E-state index contributed by atoms with van der Waals surface area (Å²) in [6, 6.07) is 7.72. The second kappa shape index (κ2) is 9.68. The fourth-order valence-corrected chi connectivity index (χ4v) is 5.04. The van der Waals surface area contributed by atoms with E-state index in [0.717, 1.165) is 23.1 Å². The number of hydrogen-bond donors (Lipinski definition) is 0. The van der Waals surface area contributed by atoms with Crippen molar-refractivity contribution in [2.45, 2.75) is 41.1 Å². The van der Waals surface area contributed by atoms with E-state index in [0.29, 0.717) is 18.2 Å². The molecule has 4 unspecified atom stereocenters. The molecule has 0 spiro atoms. The summed E-state index contributed by atoms with van der Waals surface area (Å²) in [7, 11) is 1.37. The smallest absolute Gasteiger partial charge is 0.410 e. The van der Waals surface area contributed by atoms with E-state index in [2.05, 4.69) is 22.5 Å². The number of allylic oxidation sites excluding steroid dienone is 1. The zero-order valence-corrected chi connectivity index (χ0v) is 20.3. The maximum atomic E-state index is 12.8. The minimum atomic E-state index is -1.68. The molecule has 0 saturated carbocycles. The number of methoxy groups -OCH3 is 1. The van der Waals surface area contributed by atoms with Gasteiger partial charge in [0.2, 0.25) is 3.79 Å². The van der Waals surface area contributed by atoms with Crippen molar-refractivity contribution >= 4 is 68.4 Å². The van der Waals surface area contributed by atoms with Crippen LogP contribution in [0, 0.1) is 5.92 Å². The fourth-order valence-electron chi connectivity index (χ4n) is 4.55. The van der Waals surface area contributed by atoms with Crippen LogP contribution in [0.15, 0.2) is 30.8 Å². The summed E-state index contributed by atoms with van der Waals surface area (Å²) in [5, 5.41) is 0.690. The van der Waals surface area contributed by atoms with Gasteiger partial charge in [0.1, 0.15) is 6.61 Å². The van der Waals surface area contributed by atoms with Gasteiger partial charge in [0.05, 0.1) is 13.0 Å². The van der Waals surface area contributed by atoms with Gasteiger partial charge in [-0.05, 0) is 36.0 Å². The molecule has 1 aromatic rings. The standard InChI is InChI=1S/C21H23BrCl3NO4/c1-12(10-22)13-3-5-14(6-4-13)16-9-15-7-8-17(18(16)19(27)29-2)26(15)20(28)30-11-21(23,24)25/h3-6,15-18H,1,7-11H2,2H3. The molecule has 2 heterocycles. The molecule has 164 valence electrons. The van der Waals surface area contributed by atoms with Crippen LogP contribution in [0.25, 0.3) is 5.57 Å². The fraction of sp³-hybridized carbons (Fsp3) is 0.524. The minimum absolute atomic E-state index is 0.0408. The van der Waals surface area contributed by atoms with E-state index in [9.17, 15) is 9.59 Å². The van der Waals surface area contributed by atoms with Crippen LogP contribution < -0.4 is 0 Å². The molecule has 5 nitrogen and oxygen atoms in total. The number of rotatable bonds is 5. The third kappa shape index (κ3) is 5.09. The van der Waals surface area contributed by atoms with E-state index in [-0.39, 0.29) is 30.6 Å². The van der Waals surface area contributed by atoms with Crippen molar-refractivity contribution in [1.29, 1.82) is 0 Å². The van der Waals surface area contributed by atoms with Crippen LogP contribution in [-0.4, -0.2) is 51.9 Å².